The van der Waals surface area contributed by atoms with Crippen LogP contribution in [-0.2, 0) is 4.79 Å². The summed E-state index contributed by atoms with van der Waals surface area (Å²) in [5.41, 5.74) is 6.73. The van der Waals surface area contributed by atoms with Crippen molar-refractivity contribution < 1.29 is 4.79 Å². The molecule has 3 nitrogen and oxygen atoms in total. The molecular formula is C11H22N2O. The molecule has 0 fully saturated rings. The Bertz CT molecular complexity index is 201. The molecule has 0 aliphatic heterocycles. The molecule has 1 amide bonds. The van der Waals surface area contributed by atoms with E-state index in [-0.39, 0.29) is 11.9 Å². The van der Waals surface area contributed by atoms with Crippen LogP contribution >= 0.6 is 0 Å². The summed E-state index contributed by atoms with van der Waals surface area (Å²) < 4.78 is 0. The van der Waals surface area contributed by atoms with E-state index in [4.69, 9.17) is 5.73 Å². The molecule has 0 aromatic rings. The van der Waals surface area contributed by atoms with Gasteiger partial charge >= 0.3 is 0 Å². The van der Waals surface area contributed by atoms with Crippen LogP contribution in [0, 0.1) is 0 Å². The first-order chi connectivity index (χ1) is 6.51. The third-order valence-electron chi connectivity index (χ3n) is 2.16. The Kier molecular flexibility index (Phi) is 6.21. The molecule has 0 spiro atoms. The Morgan fingerprint density at radius 2 is 2.07 bits per heavy atom. The van der Waals surface area contributed by atoms with Gasteiger partial charge in [0.25, 0.3) is 0 Å². The molecule has 0 saturated heterocycles. The molecule has 82 valence electrons. The molecule has 0 aromatic heterocycles. The number of likely N-dealkylation sites (N-methyl/N-ethyl adjacent to an activating group) is 1. The topological polar surface area (TPSA) is 46.3 Å². The fourth-order valence-corrected chi connectivity index (χ4v) is 1.20. The second kappa shape index (κ2) is 6.60. The monoisotopic (exact) mass is 198 g/mol. The van der Waals surface area contributed by atoms with E-state index in [9.17, 15) is 4.79 Å². The fourth-order valence-electron chi connectivity index (χ4n) is 1.20. The van der Waals surface area contributed by atoms with Crippen LogP contribution in [0.3, 0.4) is 0 Å². The molecule has 0 saturated carbocycles. The Morgan fingerprint density at radius 3 is 2.43 bits per heavy atom. The van der Waals surface area contributed by atoms with Crippen molar-refractivity contribution >= 4 is 5.91 Å². The highest BCUT2D eigenvalue weighted by molar-refractivity contribution is 5.77. The van der Waals surface area contributed by atoms with Gasteiger partial charge in [0.15, 0.2) is 0 Å². The number of nitrogens with two attached hydrogens (primary N) is 1. The molecule has 0 bridgehead atoms. The molecule has 1 unspecified atom stereocenters. The minimum Gasteiger partial charge on any atom is -0.339 e. The molecule has 0 rings (SSSR count). The van der Waals surface area contributed by atoms with Crippen molar-refractivity contribution in [3.63, 3.8) is 0 Å². The smallest absolute Gasteiger partial charge is 0.224 e. The van der Waals surface area contributed by atoms with Crippen LogP contribution in [0.1, 0.15) is 33.6 Å². The van der Waals surface area contributed by atoms with E-state index in [1.807, 2.05) is 20.8 Å². The van der Waals surface area contributed by atoms with Crippen molar-refractivity contribution in [2.75, 3.05) is 13.1 Å². The van der Waals surface area contributed by atoms with Crippen LogP contribution in [0.4, 0.5) is 0 Å². The van der Waals surface area contributed by atoms with Gasteiger partial charge in [0.1, 0.15) is 0 Å². The SMILES string of the molecule is C=C(C)CN(CC)C(=O)CC(N)CC. The van der Waals surface area contributed by atoms with Gasteiger partial charge in [-0.3, -0.25) is 4.79 Å². The van der Waals surface area contributed by atoms with Crippen LogP contribution in [-0.4, -0.2) is 29.9 Å². The van der Waals surface area contributed by atoms with Gasteiger partial charge in [-0.15, -0.1) is 0 Å². The minimum absolute atomic E-state index is 0.0123. The average Bonchev–Trinajstić information content (AvgIpc) is 2.13. The van der Waals surface area contributed by atoms with Gasteiger partial charge < -0.3 is 10.6 Å². The summed E-state index contributed by atoms with van der Waals surface area (Å²) in [6.07, 6.45) is 1.29. The zero-order chi connectivity index (χ0) is 11.1. The lowest BCUT2D eigenvalue weighted by molar-refractivity contribution is -0.130. The van der Waals surface area contributed by atoms with Crippen LogP contribution in [0.25, 0.3) is 0 Å². The summed E-state index contributed by atoms with van der Waals surface area (Å²) in [6.45, 7) is 11.1. The van der Waals surface area contributed by atoms with Crippen molar-refractivity contribution in [3.05, 3.63) is 12.2 Å². The van der Waals surface area contributed by atoms with Crippen LogP contribution in [0.15, 0.2) is 12.2 Å². The molecule has 3 heteroatoms. The van der Waals surface area contributed by atoms with Crippen molar-refractivity contribution in [2.24, 2.45) is 5.73 Å². The predicted octanol–water partition coefficient (Wildman–Crippen LogP) is 1.54. The first kappa shape index (κ1) is 13.2. The maximum atomic E-state index is 11.7. The average molecular weight is 198 g/mol. The second-order valence-corrected chi connectivity index (χ2v) is 3.74. The van der Waals surface area contributed by atoms with Gasteiger partial charge in [-0.2, -0.15) is 0 Å². The maximum absolute atomic E-state index is 11.7. The van der Waals surface area contributed by atoms with Gasteiger partial charge in [0.2, 0.25) is 5.91 Å². The number of hydrogen-bond acceptors (Lipinski definition) is 2. The number of amides is 1. The number of nitrogens with zero attached hydrogens (tertiary/aromatic N) is 1. The standard InChI is InChI=1S/C11H22N2O/c1-5-10(12)7-11(14)13(6-2)8-9(3)4/h10H,3,5-8,12H2,1-2,4H3. The van der Waals surface area contributed by atoms with Crippen molar-refractivity contribution in [3.8, 4) is 0 Å². The van der Waals surface area contributed by atoms with Gasteiger partial charge in [-0.05, 0) is 20.3 Å². The van der Waals surface area contributed by atoms with E-state index < -0.39 is 0 Å². The summed E-state index contributed by atoms with van der Waals surface area (Å²) in [5, 5.41) is 0. The van der Waals surface area contributed by atoms with E-state index in [1.54, 1.807) is 4.90 Å². The van der Waals surface area contributed by atoms with Crippen LogP contribution < -0.4 is 5.73 Å². The van der Waals surface area contributed by atoms with E-state index in [0.717, 1.165) is 18.5 Å². The summed E-state index contributed by atoms with van der Waals surface area (Å²) in [5.74, 6) is 0.129. The van der Waals surface area contributed by atoms with Crippen LogP contribution in [0.5, 0.6) is 0 Å². The third-order valence-corrected chi connectivity index (χ3v) is 2.16. The number of rotatable bonds is 6. The molecule has 0 aliphatic carbocycles. The first-order valence-corrected chi connectivity index (χ1v) is 5.18. The van der Waals surface area contributed by atoms with Crippen LogP contribution in [0.2, 0.25) is 0 Å². The highest BCUT2D eigenvalue weighted by Crippen LogP contribution is 2.02. The van der Waals surface area contributed by atoms with Crippen molar-refractivity contribution in [2.45, 2.75) is 39.7 Å². The van der Waals surface area contributed by atoms with Gasteiger partial charge in [0.05, 0.1) is 0 Å². The Morgan fingerprint density at radius 1 is 1.50 bits per heavy atom. The summed E-state index contributed by atoms with van der Waals surface area (Å²) in [4.78, 5) is 13.5. The molecule has 0 heterocycles. The van der Waals surface area contributed by atoms with Gasteiger partial charge in [-0.25, -0.2) is 0 Å². The fraction of sp³-hybridized carbons (Fsp3) is 0.727. The van der Waals surface area contributed by atoms with Gasteiger partial charge in [-0.1, -0.05) is 19.1 Å². The number of carbonyl (C=O) groups excluding carboxylic acids is 1. The molecular weight excluding hydrogens is 176 g/mol. The predicted molar refractivity (Wildman–Crippen MR) is 60.0 cm³/mol. The molecule has 0 aliphatic rings. The first-order valence-electron chi connectivity index (χ1n) is 5.18. The Balaban J connectivity index is 4.10. The quantitative estimate of drug-likeness (QED) is 0.658. The third kappa shape index (κ3) is 5.02. The summed E-state index contributed by atoms with van der Waals surface area (Å²) >= 11 is 0. The lowest BCUT2D eigenvalue weighted by Gasteiger charge is -2.22. The Labute approximate surface area is 87.0 Å². The van der Waals surface area contributed by atoms with E-state index >= 15 is 0 Å². The zero-order valence-corrected chi connectivity index (χ0v) is 9.55. The summed E-state index contributed by atoms with van der Waals surface area (Å²) in [6, 6.07) is -0.0123. The largest absolute Gasteiger partial charge is 0.339 e. The lowest BCUT2D eigenvalue weighted by Crippen LogP contribution is -2.36. The number of carbonyl (C=O) groups is 1. The van der Waals surface area contributed by atoms with E-state index in [0.29, 0.717) is 13.0 Å². The number of hydrogen-bond donors (Lipinski definition) is 1. The van der Waals surface area contributed by atoms with Crippen molar-refractivity contribution in [1.82, 2.24) is 4.90 Å². The molecule has 0 radical (unpaired) electrons. The highest BCUT2D eigenvalue weighted by Gasteiger charge is 2.14. The summed E-state index contributed by atoms with van der Waals surface area (Å²) in [7, 11) is 0. The molecule has 1 atom stereocenters. The maximum Gasteiger partial charge on any atom is 0.224 e. The second-order valence-electron chi connectivity index (χ2n) is 3.74. The zero-order valence-electron chi connectivity index (χ0n) is 9.55. The van der Waals surface area contributed by atoms with E-state index in [2.05, 4.69) is 6.58 Å². The van der Waals surface area contributed by atoms with Crippen molar-refractivity contribution in [1.29, 1.82) is 0 Å². The Hall–Kier alpha value is -0.830. The van der Waals surface area contributed by atoms with E-state index in [1.165, 1.54) is 0 Å². The molecule has 0 aromatic carbocycles. The minimum atomic E-state index is -0.0123. The van der Waals surface area contributed by atoms with Gasteiger partial charge in [0, 0.05) is 25.6 Å². The molecule has 2 N–H and O–H groups in total. The normalized spacial score (nSPS) is 12.3. The molecule has 14 heavy (non-hydrogen) atoms. The highest BCUT2D eigenvalue weighted by atomic mass is 16.2. The lowest BCUT2D eigenvalue weighted by atomic mass is 10.1.